The lowest BCUT2D eigenvalue weighted by Crippen LogP contribution is -1.83. The number of hydrogen-bond donors (Lipinski definition) is 0. The number of hydrogen-bond acceptors (Lipinski definition) is 3. The molecule has 1 aromatic heterocycles. The Morgan fingerprint density at radius 1 is 0.880 bits per heavy atom. The van der Waals surface area contributed by atoms with Crippen molar-refractivity contribution >= 4 is 56.7 Å². The molecule has 0 bridgehead atoms. The quantitative estimate of drug-likeness (QED) is 0.349. The van der Waals surface area contributed by atoms with Crippen molar-refractivity contribution in [3.63, 3.8) is 0 Å². The highest BCUT2D eigenvalue weighted by molar-refractivity contribution is 7.21. The maximum atomic E-state index is 6.17. The molecule has 0 saturated heterocycles. The molecule has 5 heteroatoms. The zero-order valence-corrected chi connectivity index (χ0v) is 15.3. The van der Waals surface area contributed by atoms with Gasteiger partial charge >= 0.3 is 0 Å². The van der Waals surface area contributed by atoms with E-state index in [0.717, 1.165) is 27.3 Å². The topological polar surface area (TPSA) is 25.2 Å². The highest BCUT2D eigenvalue weighted by Gasteiger charge is 2.06. The summed E-state index contributed by atoms with van der Waals surface area (Å²) < 4.78 is 1.19. The van der Waals surface area contributed by atoms with Gasteiger partial charge in [-0.25, -0.2) is 4.98 Å². The van der Waals surface area contributed by atoms with Crippen molar-refractivity contribution in [3.05, 3.63) is 82.3 Å². The Morgan fingerprint density at radius 3 is 2.48 bits per heavy atom. The molecule has 0 aliphatic heterocycles. The van der Waals surface area contributed by atoms with Crippen molar-refractivity contribution in [2.75, 3.05) is 0 Å². The molecule has 0 amide bonds. The Morgan fingerprint density at radius 2 is 1.68 bits per heavy atom. The molecule has 0 radical (unpaired) electrons. The van der Waals surface area contributed by atoms with Gasteiger partial charge in [-0.3, -0.25) is 4.99 Å². The molecular weight excluding hydrogens is 371 g/mol. The zero-order chi connectivity index (χ0) is 17.2. The SMILES string of the molecule is Clc1cccc(C=Nc2ccc(-c3nc4ccccc4s3)cc2)c1Cl. The molecule has 0 atom stereocenters. The molecule has 3 aromatic carbocycles. The monoisotopic (exact) mass is 382 g/mol. The number of aliphatic imine (C=N–C) groups is 1. The van der Waals surface area contributed by atoms with Gasteiger partial charge in [0.05, 0.1) is 25.9 Å². The number of rotatable bonds is 3. The molecule has 122 valence electrons. The maximum absolute atomic E-state index is 6.17. The molecular formula is C20H12Cl2N2S. The van der Waals surface area contributed by atoms with Crippen LogP contribution in [-0.4, -0.2) is 11.2 Å². The van der Waals surface area contributed by atoms with Gasteiger partial charge in [0.1, 0.15) is 5.01 Å². The fourth-order valence-corrected chi connectivity index (χ4v) is 3.78. The third-order valence-corrected chi connectivity index (χ3v) is 5.66. The molecule has 0 aliphatic carbocycles. The van der Waals surface area contributed by atoms with Gasteiger partial charge in [0.15, 0.2) is 0 Å². The van der Waals surface area contributed by atoms with Crippen molar-refractivity contribution < 1.29 is 0 Å². The van der Waals surface area contributed by atoms with E-state index < -0.39 is 0 Å². The van der Waals surface area contributed by atoms with Crippen molar-refractivity contribution in [2.45, 2.75) is 0 Å². The lowest BCUT2D eigenvalue weighted by molar-refractivity contribution is 1.46. The Hall–Kier alpha value is -2.20. The molecule has 4 aromatic rings. The average molecular weight is 383 g/mol. The summed E-state index contributed by atoms with van der Waals surface area (Å²) in [5.74, 6) is 0. The van der Waals surface area contributed by atoms with Gasteiger partial charge in [0, 0.05) is 17.3 Å². The van der Waals surface area contributed by atoms with Crippen LogP contribution in [0.5, 0.6) is 0 Å². The van der Waals surface area contributed by atoms with Gasteiger partial charge in [-0.2, -0.15) is 0 Å². The van der Waals surface area contributed by atoms with Gasteiger partial charge in [-0.05, 0) is 42.5 Å². The molecule has 4 rings (SSSR count). The first kappa shape index (κ1) is 16.3. The predicted octanol–water partition coefficient (Wildman–Crippen LogP) is 7.02. The molecule has 1 heterocycles. The van der Waals surface area contributed by atoms with Gasteiger partial charge < -0.3 is 0 Å². The van der Waals surface area contributed by atoms with Crippen LogP contribution in [0.1, 0.15) is 5.56 Å². The van der Waals surface area contributed by atoms with E-state index >= 15 is 0 Å². The van der Waals surface area contributed by atoms with Crippen LogP contribution in [0.4, 0.5) is 5.69 Å². The van der Waals surface area contributed by atoms with Crippen LogP contribution in [0.3, 0.4) is 0 Å². The van der Waals surface area contributed by atoms with Crippen molar-refractivity contribution in [1.29, 1.82) is 0 Å². The van der Waals surface area contributed by atoms with Crippen molar-refractivity contribution in [3.8, 4) is 10.6 Å². The minimum atomic E-state index is 0.513. The third-order valence-electron chi connectivity index (χ3n) is 3.74. The number of nitrogens with zero attached hydrogens (tertiary/aromatic N) is 2. The van der Waals surface area contributed by atoms with Crippen LogP contribution < -0.4 is 0 Å². The summed E-state index contributed by atoms with van der Waals surface area (Å²) in [6, 6.07) is 21.6. The third kappa shape index (κ3) is 3.45. The van der Waals surface area contributed by atoms with Gasteiger partial charge in [0.2, 0.25) is 0 Å². The molecule has 0 spiro atoms. The number of para-hydroxylation sites is 1. The summed E-state index contributed by atoms with van der Waals surface area (Å²) in [7, 11) is 0. The van der Waals surface area contributed by atoms with E-state index in [1.54, 1.807) is 23.6 Å². The van der Waals surface area contributed by atoms with Gasteiger partial charge in [0.25, 0.3) is 0 Å². The summed E-state index contributed by atoms with van der Waals surface area (Å²) in [6.45, 7) is 0. The Bertz CT molecular complexity index is 1040. The van der Waals surface area contributed by atoms with Crippen LogP contribution in [0.2, 0.25) is 10.0 Å². The van der Waals surface area contributed by atoms with E-state index in [2.05, 4.69) is 16.0 Å². The van der Waals surface area contributed by atoms with E-state index in [4.69, 9.17) is 23.2 Å². The molecule has 0 N–H and O–H groups in total. The summed E-state index contributed by atoms with van der Waals surface area (Å²) in [5.41, 5.74) is 3.76. The lowest BCUT2D eigenvalue weighted by Gasteiger charge is -2.00. The van der Waals surface area contributed by atoms with Crippen LogP contribution >= 0.6 is 34.5 Å². The minimum absolute atomic E-state index is 0.513. The smallest absolute Gasteiger partial charge is 0.124 e. The van der Waals surface area contributed by atoms with Crippen molar-refractivity contribution in [1.82, 2.24) is 4.98 Å². The second kappa shape index (κ2) is 6.96. The second-order valence-electron chi connectivity index (χ2n) is 5.43. The number of aromatic nitrogens is 1. The molecule has 0 fully saturated rings. The van der Waals surface area contributed by atoms with E-state index in [1.165, 1.54) is 4.70 Å². The Balaban J connectivity index is 1.59. The summed E-state index contributed by atoms with van der Waals surface area (Å²) >= 11 is 13.9. The van der Waals surface area contributed by atoms with Crippen LogP contribution in [-0.2, 0) is 0 Å². The molecule has 0 aliphatic rings. The number of benzene rings is 3. The highest BCUT2D eigenvalue weighted by atomic mass is 35.5. The fraction of sp³-hybridized carbons (Fsp3) is 0. The van der Waals surface area contributed by atoms with Crippen LogP contribution in [0.15, 0.2) is 71.7 Å². The largest absolute Gasteiger partial charge is 0.256 e. The summed E-state index contributed by atoms with van der Waals surface area (Å²) in [4.78, 5) is 9.15. The summed E-state index contributed by atoms with van der Waals surface area (Å²) in [6.07, 6.45) is 1.72. The predicted molar refractivity (Wildman–Crippen MR) is 109 cm³/mol. The lowest BCUT2D eigenvalue weighted by atomic mass is 10.2. The molecule has 0 unspecified atom stereocenters. The first-order valence-corrected chi connectivity index (χ1v) is 9.22. The van der Waals surface area contributed by atoms with Crippen molar-refractivity contribution in [2.24, 2.45) is 4.99 Å². The fourth-order valence-electron chi connectivity index (χ4n) is 2.45. The van der Waals surface area contributed by atoms with Gasteiger partial charge in [-0.1, -0.05) is 47.5 Å². The standard InChI is InChI=1S/C20H12Cl2N2S/c21-16-5-3-4-14(19(16)22)12-23-15-10-8-13(9-11-15)20-24-17-6-1-2-7-18(17)25-20/h1-12H. The zero-order valence-electron chi connectivity index (χ0n) is 13.0. The highest BCUT2D eigenvalue weighted by Crippen LogP contribution is 2.31. The number of fused-ring (bicyclic) bond motifs is 1. The van der Waals surface area contributed by atoms with Crippen LogP contribution in [0.25, 0.3) is 20.8 Å². The first-order chi connectivity index (χ1) is 12.2. The number of thiazole rings is 1. The molecule has 2 nitrogen and oxygen atoms in total. The summed E-state index contributed by atoms with van der Waals surface area (Å²) in [5, 5.41) is 2.05. The average Bonchev–Trinajstić information content (AvgIpc) is 3.07. The Kier molecular flexibility index (Phi) is 4.53. The van der Waals surface area contributed by atoms with E-state index in [-0.39, 0.29) is 0 Å². The van der Waals surface area contributed by atoms with E-state index in [9.17, 15) is 0 Å². The normalized spacial score (nSPS) is 11.4. The van der Waals surface area contributed by atoms with E-state index in [1.807, 2.05) is 54.6 Å². The maximum Gasteiger partial charge on any atom is 0.124 e. The molecule has 0 saturated carbocycles. The minimum Gasteiger partial charge on any atom is -0.256 e. The van der Waals surface area contributed by atoms with Gasteiger partial charge in [-0.15, -0.1) is 11.3 Å². The number of halogens is 2. The van der Waals surface area contributed by atoms with Crippen LogP contribution in [0, 0.1) is 0 Å². The second-order valence-corrected chi connectivity index (χ2v) is 7.25. The van der Waals surface area contributed by atoms with E-state index in [0.29, 0.717) is 10.0 Å². The molecule has 25 heavy (non-hydrogen) atoms. The Labute approximate surface area is 159 Å². The first-order valence-electron chi connectivity index (χ1n) is 7.65.